The van der Waals surface area contributed by atoms with Crippen LogP contribution < -0.4 is 0 Å². The number of furan rings is 1. The van der Waals surface area contributed by atoms with Gasteiger partial charge < -0.3 is 9.32 Å². The van der Waals surface area contributed by atoms with Gasteiger partial charge >= 0.3 is 0 Å². The summed E-state index contributed by atoms with van der Waals surface area (Å²) in [6.07, 6.45) is 7.89. The standard InChI is InChI=1S/C19H22FNO2/c1-2-3-4-13-21(15-16-7-9-17(20)10-8-16)19(22)12-11-18-6-5-14-23-18/h5-12,14H,2-4,13,15H2,1H3/b12-11+. The van der Waals surface area contributed by atoms with Crippen LogP contribution in [0.3, 0.4) is 0 Å². The van der Waals surface area contributed by atoms with E-state index in [1.807, 2.05) is 0 Å². The van der Waals surface area contributed by atoms with Gasteiger partial charge in [0.15, 0.2) is 0 Å². The van der Waals surface area contributed by atoms with E-state index < -0.39 is 0 Å². The molecule has 2 aromatic rings. The van der Waals surface area contributed by atoms with Crippen molar-refractivity contribution in [3.63, 3.8) is 0 Å². The maximum atomic E-state index is 13.0. The minimum absolute atomic E-state index is 0.0678. The Balaban J connectivity index is 2.02. The zero-order valence-electron chi connectivity index (χ0n) is 13.4. The van der Waals surface area contributed by atoms with Gasteiger partial charge in [0.2, 0.25) is 5.91 Å². The van der Waals surface area contributed by atoms with Crippen LogP contribution in [0.4, 0.5) is 4.39 Å². The van der Waals surface area contributed by atoms with E-state index >= 15 is 0 Å². The Morgan fingerprint density at radius 2 is 2.00 bits per heavy atom. The molecule has 4 heteroatoms. The van der Waals surface area contributed by atoms with Gasteiger partial charge in [0.1, 0.15) is 11.6 Å². The van der Waals surface area contributed by atoms with Crippen molar-refractivity contribution in [1.82, 2.24) is 4.90 Å². The van der Waals surface area contributed by atoms with Crippen LogP contribution in [-0.4, -0.2) is 17.4 Å². The molecule has 23 heavy (non-hydrogen) atoms. The number of halogens is 1. The highest BCUT2D eigenvalue weighted by Crippen LogP contribution is 2.10. The summed E-state index contributed by atoms with van der Waals surface area (Å²) in [4.78, 5) is 14.2. The van der Waals surface area contributed by atoms with E-state index in [1.165, 1.54) is 18.2 Å². The quantitative estimate of drug-likeness (QED) is 0.525. The molecule has 1 heterocycles. The van der Waals surface area contributed by atoms with Crippen molar-refractivity contribution < 1.29 is 13.6 Å². The summed E-state index contributed by atoms with van der Waals surface area (Å²) in [6.45, 7) is 3.29. The largest absolute Gasteiger partial charge is 0.465 e. The lowest BCUT2D eigenvalue weighted by atomic mass is 10.2. The molecule has 0 saturated heterocycles. The number of carbonyl (C=O) groups excluding carboxylic acids is 1. The number of nitrogens with zero attached hydrogens (tertiary/aromatic N) is 1. The molecule has 122 valence electrons. The van der Waals surface area contributed by atoms with Gasteiger partial charge in [0.25, 0.3) is 0 Å². The zero-order chi connectivity index (χ0) is 16.5. The average molecular weight is 315 g/mol. The second-order valence-corrected chi connectivity index (χ2v) is 5.44. The first kappa shape index (κ1) is 17.0. The Bertz CT molecular complexity index is 617. The van der Waals surface area contributed by atoms with Gasteiger partial charge in [0.05, 0.1) is 6.26 Å². The molecular weight excluding hydrogens is 293 g/mol. The van der Waals surface area contributed by atoms with E-state index in [2.05, 4.69) is 6.92 Å². The molecule has 0 radical (unpaired) electrons. The average Bonchev–Trinajstić information content (AvgIpc) is 3.07. The smallest absolute Gasteiger partial charge is 0.246 e. The second kappa shape index (κ2) is 8.93. The highest BCUT2D eigenvalue weighted by molar-refractivity contribution is 5.91. The molecule has 1 aromatic carbocycles. The molecule has 0 N–H and O–H groups in total. The maximum Gasteiger partial charge on any atom is 0.246 e. The molecule has 3 nitrogen and oxygen atoms in total. The molecule has 2 rings (SSSR count). The predicted octanol–water partition coefficient (Wildman–Crippen LogP) is 4.65. The fourth-order valence-electron chi connectivity index (χ4n) is 2.27. The number of unbranched alkanes of at least 4 members (excludes halogenated alkanes) is 2. The first-order chi connectivity index (χ1) is 11.2. The topological polar surface area (TPSA) is 33.5 Å². The van der Waals surface area contributed by atoms with Crippen LogP contribution in [-0.2, 0) is 11.3 Å². The van der Waals surface area contributed by atoms with Crippen LogP contribution >= 0.6 is 0 Å². The van der Waals surface area contributed by atoms with E-state index in [-0.39, 0.29) is 11.7 Å². The first-order valence-corrected chi connectivity index (χ1v) is 7.94. The molecule has 0 bridgehead atoms. The minimum atomic E-state index is -0.268. The third-order valence-corrected chi connectivity index (χ3v) is 3.56. The number of hydrogen-bond acceptors (Lipinski definition) is 2. The van der Waals surface area contributed by atoms with Gasteiger partial charge in [-0.3, -0.25) is 4.79 Å². The van der Waals surface area contributed by atoms with Crippen molar-refractivity contribution in [1.29, 1.82) is 0 Å². The number of benzene rings is 1. The molecule has 0 fully saturated rings. The van der Waals surface area contributed by atoms with Gasteiger partial charge in [-0.15, -0.1) is 0 Å². The highest BCUT2D eigenvalue weighted by Gasteiger charge is 2.11. The fraction of sp³-hybridized carbons (Fsp3) is 0.316. The SMILES string of the molecule is CCCCCN(Cc1ccc(F)cc1)C(=O)/C=C/c1ccco1. The summed E-state index contributed by atoms with van der Waals surface area (Å²) in [5.41, 5.74) is 0.919. The van der Waals surface area contributed by atoms with Crippen LogP contribution in [0.5, 0.6) is 0 Å². The molecule has 0 aliphatic carbocycles. The van der Waals surface area contributed by atoms with Crippen LogP contribution in [0.15, 0.2) is 53.2 Å². The molecule has 1 amide bonds. The van der Waals surface area contributed by atoms with E-state index in [1.54, 1.807) is 41.5 Å². The van der Waals surface area contributed by atoms with Crippen LogP contribution in [0.2, 0.25) is 0 Å². The van der Waals surface area contributed by atoms with Crippen molar-refractivity contribution in [2.24, 2.45) is 0 Å². The molecule has 0 aliphatic heterocycles. The first-order valence-electron chi connectivity index (χ1n) is 7.94. The van der Waals surface area contributed by atoms with Crippen LogP contribution in [0.1, 0.15) is 37.5 Å². The van der Waals surface area contributed by atoms with Gasteiger partial charge in [-0.05, 0) is 42.3 Å². The Labute approximate surface area is 136 Å². The second-order valence-electron chi connectivity index (χ2n) is 5.44. The molecule has 0 atom stereocenters. The summed E-state index contributed by atoms with van der Waals surface area (Å²) in [7, 11) is 0. The number of amides is 1. The Morgan fingerprint density at radius 3 is 2.65 bits per heavy atom. The molecule has 0 spiro atoms. The van der Waals surface area contributed by atoms with E-state index in [0.717, 1.165) is 24.8 Å². The normalized spacial score (nSPS) is 11.0. The summed E-state index contributed by atoms with van der Waals surface area (Å²) in [5, 5.41) is 0. The summed E-state index contributed by atoms with van der Waals surface area (Å²) in [5.74, 6) is 0.311. The Hall–Kier alpha value is -2.36. The number of rotatable bonds is 8. The molecule has 1 aromatic heterocycles. The lowest BCUT2D eigenvalue weighted by Crippen LogP contribution is -2.30. The van der Waals surface area contributed by atoms with E-state index in [0.29, 0.717) is 18.8 Å². The fourth-order valence-corrected chi connectivity index (χ4v) is 2.27. The molecular formula is C19H22FNO2. The molecule has 0 unspecified atom stereocenters. The van der Waals surface area contributed by atoms with Crippen molar-refractivity contribution in [2.75, 3.05) is 6.54 Å². The molecule has 0 aliphatic rings. The van der Waals surface area contributed by atoms with Gasteiger partial charge in [-0.2, -0.15) is 0 Å². The summed E-state index contributed by atoms with van der Waals surface area (Å²) >= 11 is 0. The Morgan fingerprint density at radius 1 is 1.22 bits per heavy atom. The van der Waals surface area contributed by atoms with E-state index in [9.17, 15) is 9.18 Å². The van der Waals surface area contributed by atoms with Crippen LogP contribution in [0, 0.1) is 5.82 Å². The minimum Gasteiger partial charge on any atom is -0.465 e. The number of carbonyl (C=O) groups is 1. The third-order valence-electron chi connectivity index (χ3n) is 3.56. The predicted molar refractivity (Wildman–Crippen MR) is 89.1 cm³/mol. The third kappa shape index (κ3) is 5.74. The highest BCUT2D eigenvalue weighted by atomic mass is 19.1. The summed E-state index contributed by atoms with van der Waals surface area (Å²) < 4.78 is 18.2. The number of hydrogen-bond donors (Lipinski definition) is 0. The van der Waals surface area contributed by atoms with E-state index in [4.69, 9.17) is 4.42 Å². The lowest BCUT2D eigenvalue weighted by molar-refractivity contribution is -0.126. The van der Waals surface area contributed by atoms with Crippen molar-refractivity contribution >= 4 is 12.0 Å². The molecule has 0 saturated carbocycles. The van der Waals surface area contributed by atoms with Gasteiger partial charge in [0, 0.05) is 19.2 Å². The maximum absolute atomic E-state index is 13.0. The van der Waals surface area contributed by atoms with Gasteiger partial charge in [-0.25, -0.2) is 4.39 Å². The zero-order valence-corrected chi connectivity index (χ0v) is 13.4. The van der Waals surface area contributed by atoms with Crippen molar-refractivity contribution in [3.05, 3.63) is 65.9 Å². The summed E-state index contributed by atoms with van der Waals surface area (Å²) in [6, 6.07) is 9.84. The monoisotopic (exact) mass is 315 g/mol. The Kier molecular flexibility index (Phi) is 6.60. The lowest BCUT2D eigenvalue weighted by Gasteiger charge is -2.21. The van der Waals surface area contributed by atoms with Crippen molar-refractivity contribution in [3.8, 4) is 0 Å². The van der Waals surface area contributed by atoms with Gasteiger partial charge in [-0.1, -0.05) is 31.9 Å². The van der Waals surface area contributed by atoms with Crippen LogP contribution in [0.25, 0.3) is 6.08 Å². The van der Waals surface area contributed by atoms with Crippen molar-refractivity contribution in [2.45, 2.75) is 32.7 Å².